The Bertz CT molecular complexity index is 660. The van der Waals surface area contributed by atoms with E-state index in [0.29, 0.717) is 24.5 Å². The highest BCUT2D eigenvalue weighted by molar-refractivity contribution is 5.86. The van der Waals surface area contributed by atoms with Crippen molar-refractivity contribution < 1.29 is 28.9 Å². The van der Waals surface area contributed by atoms with E-state index in [2.05, 4.69) is 5.32 Å². The molecule has 0 aromatic heterocycles. The Balaban J connectivity index is 1.43. The van der Waals surface area contributed by atoms with Crippen LogP contribution in [0.5, 0.6) is 11.5 Å². The van der Waals surface area contributed by atoms with E-state index in [1.165, 1.54) is 0 Å². The fraction of sp³-hybridized carbons (Fsp3) is 0.500. The molecule has 2 bridgehead atoms. The summed E-state index contributed by atoms with van der Waals surface area (Å²) in [5, 5.41) is 14.1. The van der Waals surface area contributed by atoms with Gasteiger partial charge in [0.1, 0.15) is 0 Å². The van der Waals surface area contributed by atoms with Gasteiger partial charge in [0.15, 0.2) is 11.5 Å². The van der Waals surface area contributed by atoms with Gasteiger partial charge in [-0.05, 0) is 30.5 Å². The Morgan fingerprint density at radius 1 is 1.13 bits per heavy atom. The van der Waals surface area contributed by atoms with Crippen molar-refractivity contribution in [2.45, 2.75) is 31.6 Å². The normalized spacial score (nSPS) is 30.4. The molecule has 1 amide bonds. The Morgan fingerprint density at radius 3 is 2.65 bits per heavy atom. The number of hydrogen-bond acceptors (Lipinski definition) is 6. The Labute approximate surface area is 132 Å². The molecule has 0 aliphatic carbocycles. The molecule has 1 aromatic carbocycles. The summed E-state index contributed by atoms with van der Waals surface area (Å²) in [6.07, 6.45) is 0.678. The molecule has 0 spiro atoms. The molecule has 122 valence electrons. The number of fused-ring (bicyclic) bond motifs is 3. The fourth-order valence-corrected chi connectivity index (χ4v) is 3.67. The zero-order valence-corrected chi connectivity index (χ0v) is 12.3. The van der Waals surface area contributed by atoms with Crippen molar-refractivity contribution in [3.05, 3.63) is 23.8 Å². The van der Waals surface area contributed by atoms with Crippen molar-refractivity contribution in [2.24, 2.45) is 11.8 Å². The summed E-state index contributed by atoms with van der Waals surface area (Å²) in [7, 11) is 0. The van der Waals surface area contributed by atoms with Crippen LogP contribution < -0.4 is 19.9 Å². The molecule has 1 aromatic rings. The second-order valence-electron chi connectivity index (χ2n) is 6.07. The number of hydrogen-bond donors (Lipinski definition) is 1. The summed E-state index contributed by atoms with van der Waals surface area (Å²) in [5.41, 5.74) is 0.858. The average Bonchev–Trinajstić information content (AvgIpc) is 3.25. The number of aliphatic carboxylic acids is 1. The van der Waals surface area contributed by atoms with Crippen LogP contribution in [-0.2, 0) is 20.9 Å². The first-order valence-electron chi connectivity index (χ1n) is 7.66. The predicted molar refractivity (Wildman–Crippen MR) is 74.3 cm³/mol. The van der Waals surface area contributed by atoms with Gasteiger partial charge in [-0.1, -0.05) is 6.07 Å². The van der Waals surface area contributed by atoms with Crippen LogP contribution >= 0.6 is 0 Å². The van der Waals surface area contributed by atoms with E-state index in [-0.39, 0.29) is 18.8 Å². The lowest BCUT2D eigenvalue weighted by Gasteiger charge is -2.27. The van der Waals surface area contributed by atoms with Crippen LogP contribution in [0.4, 0.5) is 0 Å². The van der Waals surface area contributed by atoms with Crippen molar-refractivity contribution in [3.8, 4) is 11.5 Å². The van der Waals surface area contributed by atoms with Gasteiger partial charge in [0, 0.05) is 18.4 Å². The number of carbonyl (C=O) groups is 2. The summed E-state index contributed by atoms with van der Waals surface area (Å²) >= 11 is 0. The quantitative estimate of drug-likeness (QED) is 0.809. The molecular formula is C16H16NO6-. The maximum atomic E-state index is 12.4. The van der Waals surface area contributed by atoms with Crippen LogP contribution in [0.3, 0.4) is 0 Å². The van der Waals surface area contributed by atoms with E-state index >= 15 is 0 Å². The van der Waals surface area contributed by atoms with Crippen molar-refractivity contribution in [1.29, 1.82) is 0 Å². The molecule has 0 radical (unpaired) electrons. The third-order valence-electron chi connectivity index (χ3n) is 4.75. The third kappa shape index (κ3) is 2.41. The summed E-state index contributed by atoms with van der Waals surface area (Å²) in [4.78, 5) is 23.7. The number of carboxylic acids is 1. The average molecular weight is 318 g/mol. The summed E-state index contributed by atoms with van der Waals surface area (Å²) in [6.45, 7) is 0.490. The molecule has 3 aliphatic heterocycles. The van der Waals surface area contributed by atoms with Crippen LogP contribution in [0.1, 0.15) is 18.4 Å². The minimum Gasteiger partial charge on any atom is -0.550 e. The molecule has 2 fully saturated rings. The lowest BCUT2D eigenvalue weighted by atomic mass is 9.78. The van der Waals surface area contributed by atoms with Gasteiger partial charge in [-0.2, -0.15) is 0 Å². The zero-order chi connectivity index (χ0) is 16.0. The Kier molecular flexibility index (Phi) is 3.37. The molecule has 4 unspecified atom stereocenters. The topological polar surface area (TPSA) is 96.9 Å². The molecule has 7 nitrogen and oxygen atoms in total. The van der Waals surface area contributed by atoms with Gasteiger partial charge >= 0.3 is 0 Å². The minimum absolute atomic E-state index is 0.195. The molecule has 23 heavy (non-hydrogen) atoms. The number of benzene rings is 1. The van der Waals surface area contributed by atoms with E-state index in [4.69, 9.17) is 14.2 Å². The molecular weight excluding hydrogens is 302 g/mol. The summed E-state index contributed by atoms with van der Waals surface area (Å²) in [6, 6.07) is 5.42. The van der Waals surface area contributed by atoms with Crippen molar-refractivity contribution in [2.75, 3.05) is 6.79 Å². The molecule has 3 aliphatic rings. The molecule has 4 rings (SSSR count). The van der Waals surface area contributed by atoms with E-state index in [0.717, 1.165) is 12.0 Å². The lowest BCUT2D eigenvalue weighted by Crippen LogP contribution is -2.48. The van der Waals surface area contributed by atoms with Gasteiger partial charge < -0.3 is 29.4 Å². The highest BCUT2D eigenvalue weighted by Crippen LogP contribution is 2.43. The number of ether oxygens (including phenoxy) is 3. The molecule has 2 saturated heterocycles. The summed E-state index contributed by atoms with van der Waals surface area (Å²) in [5.74, 6) is -1.71. The maximum Gasteiger partial charge on any atom is 0.231 e. The van der Waals surface area contributed by atoms with Crippen molar-refractivity contribution in [3.63, 3.8) is 0 Å². The van der Waals surface area contributed by atoms with Gasteiger partial charge in [0.2, 0.25) is 12.7 Å². The highest BCUT2D eigenvalue weighted by Gasteiger charge is 2.52. The lowest BCUT2D eigenvalue weighted by molar-refractivity contribution is -0.314. The number of carbonyl (C=O) groups excluding carboxylic acids is 2. The van der Waals surface area contributed by atoms with Crippen LogP contribution in [0.25, 0.3) is 0 Å². The molecule has 1 N–H and O–H groups in total. The Morgan fingerprint density at radius 2 is 1.87 bits per heavy atom. The molecule has 7 heteroatoms. The van der Waals surface area contributed by atoms with Gasteiger partial charge in [0.25, 0.3) is 0 Å². The number of rotatable bonds is 4. The van der Waals surface area contributed by atoms with Gasteiger partial charge in [-0.15, -0.1) is 0 Å². The predicted octanol–water partition coefficient (Wildman–Crippen LogP) is -0.425. The van der Waals surface area contributed by atoms with Crippen molar-refractivity contribution in [1.82, 2.24) is 5.32 Å². The number of amides is 1. The molecule has 3 heterocycles. The third-order valence-corrected chi connectivity index (χ3v) is 4.75. The van der Waals surface area contributed by atoms with E-state index in [1.807, 2.05) is 6.07 Å². The number of nitrogens with one attached hydrogen (secondary N) is 1. The number of carboxylic acid groups (broad SMARTS) is 1. The monoisotopic (exact) mass is 318 g/mol. The molecule has 0 saturated carbocycles. The second-order valence-corrected chi connectivity index (χ2v) is 6.07. The van der Waals surface area contributed by atoms with Gasteiger partial charge in [-0.3, -0.25) is 4.79 Å². The highest BCUT2D eigenvalue weighted by atomic mass is 16.7. The Hall–Kier alpha value is -2.28. The SMILES string of the molecule is O=C([O-])C1C2CCC(O2)C1C(=O)NCc1ccc2c(c1)OCO2. The largest absolute Gasteiger partial charge is 0.550 e. The first-order valence-corrected chi connectivity index (χ1v) is 7.66. The van der Waals surface area contributed by atoms with Crippen molar-refractivity contribution >= 4 is 11.9 Å². The van der Waals surface area contributed by atoms with Crippen LogP contribution in [0.15, 0.2) is 18.2 Å². The zero-order valence-electron chi connectivity index (χ0n) is 12.3. The smallest absolute Gasteiger partial charge is 0.231 e. The minimum atomic E-state index is -1.21. The fourth-order valence-electron chi connectivity index (χ4n) is 3.67. The maximum absolute atomic E-state index is 12.4. The van der Waals surface area contributed by atoms with Crippen LogP contribution in [-0.4, -0.2) is 30.9 Å². The first kappa shape index (κ1) is 14.3. The van der Waals surface area contributed by atoms with Crippen LogP contribution in [0.2, 0.25) is 0 Å². The first-order chi connectivity index (χ1) is 11.1. The van der Waals surface area contributed by atoms with Gasteiger partial charge in [-0.25, -0.2) is 0 Å². The van der Waals surface area contributed by atoms with E-state index in [9.17, 15) is 14.7 Å². The van der Waals surface area contributed by atoms with Crippen LogP contribution in [0, 0.1) is 11.8 Å². The molecule has 4 atom stereocenters. The van der Waals surface area contributed by atoms with E-state index in [1.54, 1.807) is 12.1 Å². The second kappa shape index (κ2) is 5.42. The summed E-state index contributed by atoms with van der Waals surface area (Å²) < 4.78 is 16.1. The standard InChI is InChI=1S/C16H17NO6/c18-15(13-10-3-4-11(23-10)14(13)16(19)20)17-6-8-1-2-9-12(5-8)22-7-21-9/h1-2,5,10-11,13-14H,3-4,6-7H2,(H,17,18)(H,19,20)/p-1. The van der Waals surface area contributed by atoms with E-state index < -0.39 is 23.9 Å². The van der Waals surface area contributed by atoms with Gasteiger partial charge in [0.05, 0.1) is 18.1 Å².